The van der Waals surface area contributed by atoms with E-state index in [1.807, 2.05) is 24.3 Å². The van der Waals surface area contributed by atoms with Gasteiger partial charge in [-0.05, 0) is 24.1 Å². The zero-order chi connectivity index (χ0) is 18.9. The number of aryl methyl sites for hydroxylation is 2. The van der Waals surface area contributed by atoms with Gasteiger partial charge < -0.3 is 20.5 Å². The van der Waals surface area contributed by atoms with Crippen molar-refractivity contribution in [2.45, 2.75) is 39.8 Å². The summed E-state index contributed by atoms with van der Waals surface area (Å²) in [5.41, 5.74) is 3.79. The van der Waals surface area contributed by atoms with Gasteiger partial charge in [-0.2, -0.15) is 0 Å². The number of hydrogen-bond acceptors (Lipinski definition) is 4. The molecule has 2 aromatic rings. The van der Waals surface area contributed by atoms with Crippen molar-refractivity contribution in [3.8, 4) is 0 Å². The smallest absolute Gasteiger partial charge is 0.251 e. The summed E-state index contributed by atoms with van der Waals surface area (Å²) in [6.45, 7) is 5.35. The molecule has 1 aromatic heterocycles. The minimum absolute atomic E-state index is 0. The van der Waals surface area contributed by atoms with Gasteiger partial charge in [-0.3, -0.25) is 9.79 Å². The maximum Gasteiger partial charge on any atom is 0.251 e. The van der Waals surface area contributed by atoms with Gasteiger partial charge in [-0.25, -0.2) is 0 Å². The summed E-state index contributed by atoms with van der Waals surface area (Å²) in [7, 11) is 3.36. The van der Waals surface area contributed by atoms with Gasteiger partial charge in [-0.15, -0.1) is 24.0 Å². The molecule has 1 heterocycles. The Labute approximate surface area is 177 Å². The van der Waals surface area contributed by atoms with E-state index < -0.39 is 0 Å². The molecule has 0 aliphatic rings. The molecular formula is C19H28IN5O2. The van der Waals surface area contributed by atoms with Crippen molar-refractivity contribution < 1.29 is 9.32 Å². The Kier molecular flexibility index (Phi) is 9.84. The largest absolute Gasteiger partial charge is 0.361 e. The second kappa shape index (κ2) is 11.6. The van der Waals surface area contributed by atoms with Crippen molar-refractivity contribution in [1.29, 1.82) is 0 Å². The van der Waals surface area contributed by atoms with E-state index >= 15 is 0 Å². The highest BCUT2D eigenvalue weighted by molar-refractivity contribution is 14.0. The number of carbonyl (C=O) groups excluding carboxylic acids is 1. The molecule has 0 radical (unpaired) electrons. The minimum atomic E-state index is -0.0887. The molecule has 0 fully saturated rings. The fraction of sp³-hybridized carbons (Fsp3) is 0.421. The van der Waals surface area contributed by atoms with Gasteiger partial charge in [0.05, 0.1) is 5.69 Å². The summed E-state index contributed by atoms with van der Waals surface area (Å²) in [5, 5.41) is 13.3. The molecule has 0 unspecified atom stereocenters. The van der Waals surface area contributed by atoms with Crippen LogP contribution in [0.2, 0.25) is 0 Å². The monoisotopic (exact) mass is 485 g/mol. The molecule has 1 amide bonds. The standard InChI is InChI=1S/C19H27N5O2.HI/c1-5-16-15(17(6-2)26-24-16)12-23-19(21-4)22-11-13-7-9-14(10-8-13)18(25)20-3;/h7-10H,5-6,11-12H2,1-4H3,(H,20,25)(H2,21,22,23);1H. The Morgan fingerprint density at radius 1 is 1.11 bits per heavy atom. The summed E-state index contributed by atoms with van der Waals surface area (Å²) in [5.74, 6) is 1.52. The van der Waals surface area contributed by atoms with Crippen LogP contribution in [0.1, 0.15) is 46.8 Å². The highest BCUT2D eigenvalue weighted by Gasteiger charge is 2.13. The van der Waals surface area contributed by atoms with Crippen molar-refractivity contribution in [1.82, 2.24) is 21.1 Å². The normalized spacial score (nSPS) is 10.9. The third kappa shape index (κ3) is 6.23. The second-order valence-electron chi connectivity index (χ2n) is 5.79. The van der Waals surface area contributed by atoms with Crippen LogP contribution in [0.15, 0.2) is 33.8 Å². The number of aliphatic imine (C=N–C) groups is 1. The number of guanidine groups is 1. The number of nitrogens with zero attached hydrogens (tertiary/aromatic N) is 2. The molecule has 148 valence electrons. The van der Waals surface area contributed by atoms with Gasteiger partial charge in [0.2, 0.25) is 0 Å². The summed E-state index contributed by atoms with van der Waals surface area (Å²) >= 11 is 0. The van der Waals surface area contributed by atoms with Crippen molar-refractivity contribution in [3.63, 3.8) is 0 Å². The average molecular weight is 485 g/mol. The minimum Gasteiger partial charge on any atom is -0.361 e. The molecule has 1 aromatic carbocycles. The summed E-state index contributed by atoms with van der Waals surface area (Å²) in [6.07, 6.45) is 1.65. The number of rotatable bonds is 7. The Balaban J connectivity index is 0.00000364. The molecule has 0 saturated heterocycles. The number of aromatic nitrogens is 1. The van der Waals surface area contributed by atoms with Crippen LogP contribution in [0.3, 0.4) is 0 Å². The Bertz CT molecular complexity index is 734. The van der Waals surface area contributed by atoms with E-state index in [-0.39, 0.29) is 29.9 Å². The zero-order valence-corrected chi connectivity index (χ0v) is 18.6. The SMILES string of the molecule is CCc1noc(CC)c1CNC(=NC)NCc1ccc(C(=O)NC)cc1.I. The van der Waals surface area contributed by atoms with E-state index in [9.17, 15) is 4.79 Å². The maximum atomic E-state index is 11.6. The predicted octanol–water partition coefficient (Wildman–Crippen LogP) is 2.64. The number of hydrogen-bond donors (Lipinski definition) is 3. The van der Waals surface area contributed by atoms with Crippen LogP contribution >= 0.6 is 24.0 Å². The lowest BCUT2D eigenvalue weighted by atomic mass is 10.1. The summed E-state index contributed by atoms with van der Waals surface area (Å²) in [4.78, 5) is 15.8. The summed E-state index contributed by atoms with van der Waals surface area (Å²) < 4.78 is 5.39. The predicted molar refractivity (Wildman–Crippen MR) is 118 cm³/mol. The van der Waals surface area contributed by atoms with Crippen LogP contribution < -0.4 is 16.0 Å². The molecule has 0 saturated carbocycles. The third-order valence-corrected chi connectivity index (χ3v) is 4.17. The van der Waals surface area contributed by atoms with E-state index in [0.717, 1.165) is 35.4 Å². The number of benzene rings is 1. The lowest BCUT2D eigenvalue weighted by Gasteiger charge is -2.12. The highest BCUT2D eigenvalue weighted by Crippen LogP contribution is 2.15. The van der Waals surface area contributed by atoms with E-state index in [0.29, 0.717) is 24.6 Å². The van der Waals surface area contributed by atoms with Crippen LogP contribution in [-0.4, -0.2) is 31.1 Å². The van der Waals surface area contributed by atoms with Gasteiger partial charge in [0, 0.05) is 44.7 Å². The van der Waals surface area contributed by atoms with Crippen LogP contribution in [0, 0.1) is 0 Å². The first-order chi connectivity index (χ1) is 12.6. The maximum absolute atomic E-state index is 11.6. The van der Waals surface area contributed by atoms with Crippen LogP contribution in [0.25, 0.3) is 0 Å². The zero-order valence-electron chi connectivity index (χ0n) is 16.3. The van der Waals surface area contributed by atoms with Crippen LogP contribution in [0.4, 0.5) is 0 Å². The van der Waals surface area contributed by atoms with E-state index in [2.05, 4.69) is 39.9 Å². The molecule has 2 rings (SSSR count). The molecule has 3 N–H and O–H groups in total. The second-order valence-corrected chi connectivity index (χ2v) is 5.79. The molecule has 0 aliphatic carbocycles. The third-order valence-electron chi connectivity index (χ3n) is 4.17. The molecule has 0 spiro atoms. The molecule has 27 heavy (non-hydrogen) atoms. The van der Waals surface area contributed by atoms with Gasteiger partial charge in [-0.1, -0.05) is 31.1 Å². The number of amides is 1. The Hall–Kier alpha value is -2.10. The van der Waals surface area contributed by atoms with Gasteiger partial charge in [0.15, 0.2) is 5.96 Å². The molecule has 0 bridgehead atoms. The average Bonchev–Trinajstić information content (AvgIpc) is 3.09. The molecule has 0 aliphatic heterocycles. The highest BCUT2D eigenvalue weighted by atomic mass is 127. The van der Waals surface area contributed by atoms with Gasteiger partial charge in [0.1, 0.15) is 5.76 Å². The Morgan fingerprint density at radius 2 is 1.78 bits per heavy atom. The van der Waals surface area contributed by atoms with Crippen LogP contribution in [0.5, 0.6) is 0 Å². The number of carbonyl (C=O) groups is 1. The summed E-state index contributed by atoms with van der Waals surface area (Å²) in [6, 6.07) is 7.47. The lowest BCUT2D eigenvalue weighted by Crippen LogP contribution is -2.36. The fourth-order valence-electron chi connectivity index (χ4n) is 2.63. The first kappa shape index (κ1) is 22.9. The van der Waals surface area contributed by atoms with Gasteiger partial charge >= 0.3 is 0 Å². The molecule has 7 nitrogen and oxygen atoms in total. The van der Waals surface area contributed by atoms with E-state index in [1.165, 1.54) is 0 Å². The number of nitrogens with one attached hydrogen (secondary N) is 3. The lowest BCUT2D eigenvalue weighted by molar-refractivity contribution is 0.0963. The van der Waals surface area contributed by atoms with Crippen molar-refractivity contribution in [3.05, 3.63) is 52.4 Å². The van der Waals surface area contributed by atoms with Crippen molar-refractivity contribution in [2.24, 2.45) is 4.99 Å². The van der Waals surface area contributed by atoms with Crippen molar-refractivity contribution >= 4 is 35.8 Å². The molecule has 0 atom stereocenters. The van der Waals surface area contributed by atoms with E-state index in [1.54, 1.807) is 14.1 Å². The topological polar surface area (TPSA) is 91.6 Å². The Morgan fingerprint density at radius 3 is 2.33 bits per heavy atom. The fourth-order valence-corrected chi connectivity index (χ4v) is 2.63. The molecular weight excluding hydrogens is 457 g/mol. The first-order valence-corrected chi connectivity index (χ1v) is 8.84. The van der Waals surface area contributed by atoms with E-state index in [4.69, 9.17) is 4.52 Å². The van der Waals surface area contributed by atoms with Gasteiger partial charge in [0.25, 0.3) is 5.91 Å². The first-order valence-electron chi connectivity index (χ1n) is 8.84. The molecule has 8 heteroatoms. The number of halogens is 1. The van der Waals surface area contributed by atoms with Crippen LogP contribution in [-0.2, 0) is 25.9 Å². The van der Waals surface area contributed by atoms with Crippen molar-refractivity contribution in [2.75, 3.05) is 14.1 Å². The quantitative estimate of drug-likeness (QED) is 0.319.